The fraction of sp³-hybridized carbons (Fsp3) is 0.682. The van der Waals surface area contributed by atoms with E-state index < -0.39 is 17.6 Å². The Bertz CT molecular complexity index is 503. The highest BCUT2D eigenvalue weighted by Crippen LogP contribution is 2.14. The Morgan fingerprint density at radius 1 is 0.808 bits per heavy atom. The van der Waals surface area contributed by atoms with E-state index in [0.29, 0.717) is 0 Å². The summed E-state index contributed by atoms with van der Waals surface area (Å²) in [6.45, 7) is 2.50. The van der Waals surface area contributed by atoms with Gasteiger partial charge in [0, 0.05) is 0 Å². The molecule has 0 atom stereocenters. The zero-order chi connectivity index (χ0) is 19.0. The zero-order valence-corrected chi connectivity index (χ0v) is 16.2. The Hall–Kier alpha value is -1.45. The van der Waals surface area contributed by atoms with E-state index in [4.69, 9.17) is 4.74 Å². The van der Waals surface area contributed by atoms with Gasteiger partial charge in [0.1, 0.15) is 11.6 Å². The average Bonchev–Trinajstić information content (AvgIpc) is 2.63. The monoisotopic (exact) mass is 368 g/mol. The molecule has 0 fully saturated rings. The molecule has 26 heavy (non-hydrogen) atoms. The molecule has 4 heteroatoms. The van der Waals surface area contributed by atoms with Gasteiger partial charge in [-0.05, 0) is 24.6 Å². The molecule has 0 saturated heterocycles. The van der Waals surface area contributed by atoms with Gasteiger partial charge in [-0.3, -0.25) is 0 Å². The summed E-state index contributed by atoms with van der Waals surface area (Å²) in [6, 6.07) is 2.80. The molecule has 1 rings (SSSR count). The lowest BCUT2D eigenvalue weighted by Gasteiger charge is -2.06. The van der Waals surface area contributed by atoms with Gasteiger partial charge in [0.15, 0.2) is 0 Å². The van der Waals surface area contributed by atoms with Crippen molar-refractivity contribution >= 4 is 5.97 Å². The maximum Gasteiger partial charge on any atom is 0.341 e. The summed E-state index contributed by atoms with van der Waals surface area (Å²) in [4.78, 5) is 11.7. The van der Waals surface area contributed by atoms with Crippen LogP contribution in [-0.4, -0.2) is 12.6 Å². The minimum absolute atomic E-state index is 0.256. The Balaban J connectivity index is 1.92. The van der Waals surface area contributed by atoms with E-state index in [0.717, 1.165) is 37.5 Å². The van der Waals surface area contributed by atoms with Crippen molar-refractivity contribution in [1.82, 2.24) is 0 Å². The predicted octanol–water partition coefficient (Wildman–Crippen LogP) is 7.21. The van der Waals surface area contributed by atoms with E-state index in [1.807, 2.05) is 0 Å². The lowest BCUT2D eigenvalue weighted by atomic mass is 10.0. The normalized spacial score (nSPS) is 10.9. The van der Waals surface area contributed by atoms with Crippen LogP contribution < -0.4 is 0 Å². The lowest BCUT2D eigenvalue weighted by molar-refractivity contribution is 0.0491. The maximum atomic E-state index is 13.4. The van der Waals surface area contributed by atoms with E-state index in [9.17, 15) is 13.6 Å². The van der Waals surface area contributed by atoms with E-state index >= 15 is 0 Å². The molecule has 0 aliphatic heterocycles. The molecular formula is C22H34F2O2. The lowest BCUT2D eigenvalue weighted by Crippen LogP contribution is -2.09. The van der Waals surface area contributed by atoms with Crippen LogP contribution in [0.25, 0.3) is 0 Å². The summed E-state index contributed by atoms with van der Waals surface area (Å²) in [6.07, 6.45) is 16.2. The zero-order valence-electron chi connectivity index (χ0n) is 16.2. The van der Waals surface area contributed by atoms with Crippen molar-refractivity contribution in [2.75, 3.05) is 6.61 Å². The van der Waals surface area contributed by atoms with E-state index in [-0.39, 0.29) is 12.2 Å². The van der Waals surface area contributed by atoms with E-state index in [1.54, 1.807) is 0 Å². The van der Waals surface area contributed by atoms with Gasteiger partial charge in [-0.25, -0.2) is 13.6 Å². The van der Waals surface area contributed by atoms with Gasteiger partial charge in [-0.2, -0.15) is 0 Å². The van der Waals surface area contributed by atoms with Crippen molar-refractivity contribution in [2.24, 2.45) is 0 Å². The Kier molecular flexibility index (Phi) is 12.8. The first-order valence-corrected chi connectivity index (χ1v) is 10.3. The first-order valence-electron chi connectivity index (χ1n) is 10.3. The van der Waals surface area contributed by atoms with Crippen molar-refractivity contribution in [3.63, 3.8) is 0 Å². The molecule has 0 aliphatic rings. The summed E-state index contributed by atoms with van der Waals surface area (Å²) in [5.74, 6) is -2.18. The highest BCUT2D eigenvalue weighted by molar-refractivity contribution is 5.89. The van der Waals surface area contributed by atoms with Crippen LogP contribution >= 0.6 is 0 Å². The Labute approximate surface area is 157 Å². The maximum absolute atomic E-state index is 13.4. The van der Waals surface area contributed by atoms with Crippen LogP contribution in [0, 0.1) is 11.6 Å². The SMILES string of the molecule is CCCCCCCCCCCCCCCOC(=O)c1cc(F)ccc1F. The van der Waals surface area contributed by atoms with E-state index in [1.165, 1.54) is 64.2 Å². The van der Waals surface area contributed by atoms with Crippen molar-refractivity contribution in [1.29, 1.82) is 0 Å². The molecule has 0 bridgehead atoms. The number of esters is 1. The highest BCUT2D eigenvalue weighted by Gasteiger charge is 2.13. The molecule has 1 aromatic carbocycles. The number of unbranched alkanes of at least 4 members (excludes halogenated alkanes) is 12. The van der Waals surface area contributed by atoms with Gasteiger partial charge in [0.25, 0.3) is 0 Å². The molecule has 1 aromatic rings. The molecule has 0 heterocycles. The summed E-state index contributed by atoms with van der Waals surface area (Å²) < 4.78 is 31.5. The number of carbonyl (C=O) groups is 1. The molecule has 0 spiro atoms. The Morgan fingerprint density at radius 3 is 1.85 bits per heavy atom. The number of carbonyl (C=O) groups excluding carboxylic acids is 1. The highest BCUT2D eigenvalue weighted by atomic mass is 19.1. The first kappa shape index (κ1) is 22.6. The van der Waals surface area contributed by atoms with Gasteiger partial charge in [-0.15, -0.1) is 0 Å². The van der Waals surface area contributed by atoms with Gasteiger partial charge < -0.3 is 4.74 Å². The number of ether oxygens (including phenoxy) is 1. The minimum atomic E-state index is -0.791. The fourth-order valence-electron chi connectivity index (χ4n) is 3.02. The van der Waals surface area contributed by atoms with Crippen molar-refractivity contribution in [2.45, 2.75) is 90.4 Å². The Morgan fingerprint density at radius 2 is 1.31 bits per heavy atom. The van der Waals surface area contributed by atoms with Crippen LogP contribution in [-0.2, 0) is 4.74 Å². The van der Waals surface area contributed by atoms with Gasteiger partial charge in [0.2, 0.25) is 0 Å². The topological polar surface area (TPSA) is 26.3 Å². The van der Waals surface area contributed by atoms with Gasteiger partial charge in [-0.1, -0.05) is 84.0 Å². The van der Waals surface area contributed by atoms with Gasteiger partial charge >= 0.3 is 5.97 Å². The fourth-order valence-corrected chi connectivity index (χ4v) is 3.02. The summed E-state index contributed by atoms with van der Waals surface area (Å²) in [5.41, 5.74) is -0.334. The smallest absolute Gasteiger partial charge is 0.341 e. The summed E-state index contributed by atoms with van der Waals surface area (Å²) >= 11 is 0. The largest absolute Gasteiger partial charge is 0.462 e. The standard InChI is InChI=1S/C22H34F2O2/c1-2-3-4-5-6-7-8-9-10-11-12-13-14-17-26-22(25)20-18-19(23)15-16-21(20)24/h15-16,18H,2-14,17H2,1H3. The second kappa shape index (κ2) is 14.7. The third-order valence-corrected chi connectivity index (χ3v) is 4.63. The van der Waals surface area contributed by atoms with Crippen LogP contribution in [0.15, 0.2) is 18.2 Å². The van der Waals surface area contributed by atoms with Crippen molar-refractivity contribution < 1.29 is 18.3 Å². The second-order valence-electron chi connectivity index (χ2n) is 7.00. The third kappa shape index (κ3) is 10.5. The molecule has 0 aromatic heterocycles. The van der Waals surface area contributed by atoms with Crippen LogP contribution in [0.5, 0.6) is 0 Å². The number of hydrogen-bond donors (Lipinski definition) is 0. The molecule has 148 valence electrons. The molecule has 0 radical (unpaired) electrons. The number of hydrogen-bond acceptors (Lipinski definition) is 2. The number of rotatable bonds is 15. The predicted molar refractivity (Wildman–Crippen MR) is 102 cm³/mol. The molecule has 0 unspecified atom stereocenters. The van der Waals surface area contributed by atoms with Crippen molar-refractivity contribution in [3.05, 3.63) is 35.4 Å². The molecule has 2 nitrogen and oxygen atoms in total. The molecule has 0 saturated carbocycles. The van der Waals surface area contributed by atoms with Gasteiger partial charge in [0.05, 0.1) is 12.2 Å². The average molecular weight is 369 g/mol. The molecule has 0 amide bonds. The summed E-state index contributed by atoms with van der Waals surface area (Å²) in [7, 11) is 0. The van der Waals surface area contributed by atoms with Crippen molar-refractivity contribution in [3.8, 4) is 0 Å². The molecule has 0 aliphatic carbocycles. The number of halogens is 2. The van der Waals surface area contributed by atoms with Crippen LogP contribution in [0.1, 0.15) is 101 Å². The third-order valence-electron chi connectivity index (χ3n) is 4.63. The van der Waals surface area contributed by atoms with E-state index in [2.05, 4.69) is 6.92 Å². The van der Waals surface area contributed by atoms with Crippen LogP contribution in [0.4, 0.5) is 8.78 Å². The van der Waals surface area contributed by atoms with Crippen LogP contribution in [0.2, 0.25) is 0 Å². The minimum Gasteiger partial charge on any atom is -0.462 e. The quantitative estimate of drug-likeness (QED) is 0.241. The molecular weight excluding hydrogens is 334 g/mol. The first-order chi connectivity index (χ1) is 12.6. The molecule has 0 N–H and O–H groups in total. The van der Waals surface area contributed by atoms with Crippen LogP contribution in [0.3, 0.4) is 0 Å². The summed E-state index contributed by atoms with van der Waals surface area (Å²) in [5, 5.41) is 0. The second-order valence-corrected chi connectivity index (χ2v) is 7.00. The number of benzene rings is 1.